The normalized spacial score (nSPS) is 22.4. The summed E-state index contributed by atoms with van der Waals surface area (Å²) in [5.74, 6) is -0.707. The van der Waals surface area contributed by atoms with E-state index < -0.39 is 37.0 Å². The van der Waals surface area contributed by atoms with Crippen LogP contribution in [0.15, 0.2) is 30.3 Å². The minimum absolute atomic E-state index is 0.117. The van der Waals surface area contributed by atoms with E-state index in [2.05, 4.69) is 10.6 Å². The molecule has 9 heteroatoms. The molecule has 0 bridgehead atoms. The van der Waals surface area contributed by atoms with Gasteiger partial charge in [-0.05, 0) is 75.4 Å². The van der Waals surface area contributed by atoms with Gasteiger partial charge in [-0.2, -0.15) is 13.2 Å². The zero-order chi connectivity index (χ0) is 25.3. The molecule has 0 aromatic heterocycles. The van der Waals surface area contributed by atoms with Crippen molar-refractivity contribution in [2.45, 2.75) is 82.7 Å². The van der Waals surface area contributed by atoms with Gasteiger partial charge >= 0.3 is 6.18 Å². The fraction of sp³-hybridized carbons (Fsp3) is 0.692. The van der Waals surface area contributed by atoms with Crippen LogP contribution in [0.4, 0.5) is 13.2 Å². The van der Waals surface area contributed by atoms with E-state index in [1.807, 2.05) is 30.3 Å². The van der Waals surface area contributed by atoms with Crippen molar-refractivity contribution in [3.8, 4) is 0 Å². The maximum atomic E-state index is 13.4. The van der Waals surface area contributed by atoms with Gasteiger partial charge < -0.3 is 20.6 Å². The summed E-state index contributed by atoms with van der Waals surface area (Å²) in [5, 5.41) is 15.8. The van der Waals surface area contributed by atoms with Crippen LogP contribution in [-0.2, 0) is 16.1 Å². The van der Waals surface area contributed by atoms with E-state index in [4.69, 9.17) is 0 Å². The van der Waals surface area contributed by atoms with Crippen LogP contribution >= 0.6 is 0 Å². The van der Waals surface area contributed by atoms with Crippen molar-refractivity contribution < 1.29 is 27.9 Å². The zero-order valence-corrected chi connectivity index (χ0v) is 20.2. The van der Waals surface area contributed by atoms with Crippen LogP contribution in [0.1, 0.15) is 63.4 Å². The van der Waals surface area contributed by atoms with E-state index in [0.717, 1.165) is 18.4 Å². The number of hydrogen-bond donors (Lipinski definition) is 3. The number of rotatable bonds is 10. The highest BCUT2D eigenvalue weighted by molar-refractivity contribution is 5.88. The molecule has 2 aliphatic rings. The molecule has 0 spiro atoms. The number of alkyl halides is 3. The molecular formula is C26H38F3N3O3. The summed E-state index contributed by atoms with van der Waals surface area (Å²) in [6.07, 6.45) is -0.920. The van der Waals surface area contributed by atoms with E-state index in [9.17, 15) is 27.9 Å². The molecule has 6 nitrogen and oxygen atoms in total. The van der Waals surface area contributed by atoms with Gasteiger partial charge in [0.25, 0.3) is 0 Å². The van der Waals surface area contributed by atoms with Gasteiger partial charge in [0.05, 0.1) is 12.5 Å². The maximum Gasteiger partial charge on any atom is 0.390 e. The largest absolute Gasteiger partial charge is 0.393 e. The molecule has 35 heavy (non-hydrogen) atoms. The minimum Gasteiger partial charge on any atom is -0.393 e. The first kappa shape index (κ1) is 27.5. The molecule has 1 aliphatic carbocycles. The third kappa shape index (κ3) is 9.11. The van der Waals surface area contributed by atoms with E-state index >= 15 is 0 Å². The Morgan fingerprint density at radius 2 is 1.71 bits per heavy atom. The first-order valence-corrected chi connectivity index (χ1v) is 12.8. The molecule has 1 unspecified atom stereocenters. The Morgan fingerprint density at radius 1 is 1.06 bits per heavy atom. The Balaban J connectivity index is 1.74. The molecule has 2 fully saturated rings. The maximum absolute atomic E-state index is 13.4. The topological polar surface area (TPSA) is 81.7 Å². The Bertz CT molecular complexity index is 792. The summed E-state index contributed by atoms with van der Waals surface area (Å²) < 4.78 is 39.6. The van der Waals surface area contributed by atoms with Gasteiger partial charge in [0.2, 0.25) is 11.8 Å². The molecular weight excluding hydrogens is 459 g/mol. The number of piperidine rings is 1. The highest BCUT2D eigenvalue weighted by atomic mass is 19.4. The van der Waals surface area contributed by atoms with Crippen molar-refractivity contribution >= 4 is 11.8 Å². The number of nitrogens with one attached hydrogen (secondary N) is 2. The number of aliphatic hydroxyl groups excluding tert-OH is 1. The van der Waals surface area contributed by atoms with Crippen molar-refractivity contribution in [2.75, 3.05) is 19.6 Å². The second-order valence-electron chi connectivity index (χ2n) is 9.90. The van der Waals surface area contributed by atoms with Crippen molar-refractivity contribution in [3.05, 3.63) is 35.9 Å². The van der Waals surface area contributed by atoms with E-state index in [1.165, 1.54) is 4.90 Å². The molecule has 3 N–H and O–H groups in total. The lowest BCUT2D eigenvalue weighted by atomic mass is 9.84. The number of amides is 2. The molecule has 196 valence electrons. The highest BCUT2D eigenvalue weighted by Gasteiger charge is 2.39. The SMILES string of the molecule is O=C(NCc1ccccc1)C(C1CCNCC1)N(CCC(F)(F)F)C(=O)CCC1CCC(O)CC1. The minimum atomic E-state index is -4.42. The summed E-state index contributed by atoms with van der Waals surface area (Å²) in [5.41, 5.74) is 0.887. The smallest absolute Gasteiger partial charge is 0.390 e. The van der Waals surface area contributed by atoms with Crippen LogP contribution in [0.2, 0.25) is 0 Å². The van der Waals surface area contributed by atoms with E-state index in [-0.39, 0.29) is 30.9 Å². The first-order valence-electron chi connectivity index (χ1n) is 12.8. The molecule has 1 saturated carbocycles. The molecule has 1 heterocycles. The van der Waals surface area contributed by atoms with Crippen LogP contribution in [0.5, 0.6) is 0 Å². The van der Waals surface area contributed by atoms with Crippen LogP contribution in [-0.4, -0.2) is 59.8 Å². The van der Waals surface area contributed by atoms with Gasteiger partial charge in [0, 0.05) is 19.5 Å². The second kappa shape index (κ2) is 13.3. The van der Waals surface area contributed by atoms with E-state index in [0.29, 0.717) is 45.2 Å². The van der Waals surface area contributed by atoms with Crippen LogP contribution in [0, 0.1) is 11.8 Å². The van der Waals surface area contributed by atoms with Gasteiger partial charge in [0.15, 0.2) is 0 Å². The molecule has 2 amide bonds. The fourth-order valence-electron chi connectivity index (χ4n) is 5.23. The van der Waals surface area contributed by atoms with Gasteiger partial charge in [-0.1, -0.05) is 30.3 Å². The summed E-state index contributed by atoms with van der Waals surface area (Å²) in [6, 6.07) is 8.39. The average molecular weight is 498 g/mol. The highest BCUT2D eigenvalue weighted by Crippen LogP contribution is 2.30. The quantitative estimate of drug-likeness (QED) is 0.460. The van der Waals surface area contributed by atoms with Gasteiger partial charge in [-0.25, -0.2) is 0 Å². The standard InChI is InChI=1S/C26H38F3N3O3/c27-26(28,29)14-17-32(23(34)11-8-19-6-9-22(33)10-7-19)24(21-12-15-30-16-13-21)25(35)31-18-20-4-2-1-3-5-20/h1-5,19,21-22,24,30,33H,6-18H2,(H,31,35). The molecule has 1 saturated heterocycles. The van der Waals surface area contributed by atoms with Crippen LogP contribution in [0.3, 0.4) is 0 Å². The van der Waals surface area contributed by atoms with E-state index in [1.54, 1.807) is 0 Å². The summed E-state index contributed by atoms with van der Waals surface area (Å²) >= 11 is 0. The predicted molar refractivity (Wildman–Crippen MR) is 127 cm³/mol. The van der Waals surface area contributed by atoms with Gasteiger partial charge in [-0.3, -0.25) is 9.59 Å². The number of benzene rings is 1. The Hall–Kier alpha value is -2.13. The average Bonchev–Trinajstić information content (AvgIpc) is 2.85. The monoisotopic (exact) mass is 497 g/mol. The number of carbonyl (C=O) groups excluding carboxylic acids is 2. The molecule has 3 rings (SSSR count). The van der Waals surface area contributed by atoms with Crippen molar-refractivity contribution in [1.82, 2.24) is 15.5 Å². The first-order chi connectivity index (χ1) is 16.7. The second-order valence-corrected chi connectivity index (χ2v) is 9.90. The molecule has 1 aromatic carbocycles. The third-order valence-electron chi connectivity index (χ3n) is 7.28. The Labute approximate surface area is 205 Å². The fourth-order valence-corrected chi connectivity index (χ4v) is 5.23. The number of carbonyl (C=O) groups is 2. The zero-order valence-electron chi connectivity index (χ0n) is 20.2. The van der Waals surface area contributed by atoms with Gasteiger partial charge in [0.1, 0.15) is 6.04 Å². The number of halogens is 3. The van der Waals surface area contributed by atoms with Crippen LogP contribution in [0.25, 0.3) is 0 Å². The van der Waals surface area contributed by atoms with Crippen LogP contribution < -0.4 is 10.6 Å². The molecule has 1 aromatic rings. The summed E-state index contributed by atoms with van der Waals surface area (Å²) in [7, 11) is 0. The molecule has 1 aliphatic heterocycles. The van der Waals surface area contributed by atoms with Gasteiger partial charge in [-0.15, -0.1) is 0 Å². The molecule has 1 atom stereocenters. The lowest BCUT2D eigenvalue weighted by Crippen LogP contribution is -2.55. The number of aliphatic hydroxyl groups is 1. The summed E-state index contributed by atoms with van der Waals surface area (Å²) in [4.78, 5) is 27.9. The van der Waals surface area contributed by atoms with Crippen molar-refractivity contribution in [3.63, 3.8) is 0 Å². The van der Waals surface area contributed by atoms with Crippen molar-refractivity contribution in [2.24, 2.45) is 11.8 Å². The predicted octanol–water partition coefficient (Wildman–Crippen LogP) is 3.78. The lowest BCUT2D eigenvalue weighted by Gasteiger charge is -2.38. The Morgan fingerprint density at radius 3 is 2.34 bits per heavy atom. The number of nitrogens with zero attached hydrogens (tertiary/aromatic N) is 1. The summed E-state index contributed by atoms with van der Waals surface area (Å²) in [6.45, 7) is 1.07. The molecule has 0 radical (unpaired) electrons. The number of hydrogen-bond acceptors (Lipinski definition) is 4. The Kier molecular flexibility index (Phi) is 10.4. The van der Waals surface area contributed by atoms with Crippen molar-refractivity contribution in [1.29, 1.82) is 0 Å². The third-order valence-corrected chi connectivity index (χ3v) is 7.28. The lowest BCUT2D eigenvalue weighted by molar-refractivity contribution is -0.154.